The molecule has 4 rings (SSSR count). The molecule has 2 atom stereocenters. The van der Waals surface area contributed by atoms with Gasteiger partial charge in [0.25, 0.3) is 0 Å². The Balaban J connectivity index is 1.52. The monoisotopic (exact) mass is 425 g/mol. The first kappa shape index (κ1) is 20.0. The van der Waals surface area contributed by atoms with Gasteiger partial charge in [-0.3, -0.25) is 5.32 Å². The third-order valence-electron chi connectivity index (χ3n) is 5.08. The predicted octanol–water partition coefficient (Wildman–Crippen LogP) is 2.83. The van der Waals surface area contributed by atoms with Gasteiger partial charge in [-0.15, -0.1) is 0 Å². The van der Waals surface area contributed by atoms with Crippen LogP contribution in [0, 0.1) is 6.92 Å². The van der Waals surface area contributed by atoms with Crippen LogP contribution in [0.1, 0.15) is 23.6 Å². The van der Waals surface area contributed by atoms with Gasteiger partial charge in [0.2, 0.25) is 5.88 Å². The summed E-state index contributed by atoms with van der Waals surface area (Å²) in [5, 5.41) is 6.74. The summed E-state index contributed by atoms with van der Waals surface area (Å²) in [6, 6.07) is 7.32. The van der Waals surface area contributed by atoms with Crippen LogP contribution in [0.2, 0.25) is 0 Å². The lowest BCUT2D eigenvalue weighted by atomic mass is 9.86. The highest BCUT2D eigenvalue weighted by atomic mass is 32.1. The van der Waals surface area contributed by atoms with E-state index < -0.39 is 0 Å². The molecule has 0 saturated carbocycles. The molecule has 0 bridgehead atoms. The standard InChI is InChI=1S/C20H23N7O2S/c1-13-9-19(30-26-13)25-20(28)24-16-6-8-27(17-5-7-21-12-23-17)11-15(16)14-3-4-18(29-2)22-10-14/h3-5,7,9-10,12,15-16H,6,8,11H2,1-2H3,(H2,24,25,28). The molecule has 2 amide bonds. The number of ether oxygens (including phenoxy) is 1. The van der Waals surface area contributed by atoms with Gasteiger partial charge in [0.1, 0.15) is 17.1 Å². The first-order valence-corrected chi connectivity index (χ1v) is 10.4. The number of aromatic nitrogens is 4. The van der Waals surface area contributed by atoms with Crippen LogP contribution in [-0.4, -0.2) is 51.6 Å². The summed E-state index contributed by atoms with van der Waals surface area (Å²) in [6.07, 6.45) is 5.87. The van der Waals surface area contributed by atoms with Crippen molar-refractivity contribution in [3.63, 3.8) is 0 Å². The Kier molecular flexibility index (Phi) is 6.03. The van der Waals surface area contributed by atoms with Crippen LogP contribution in [0.4, 0.5) is 15.6 Å². The maximum Gasteiger partial charge on any atom is 0.320 e. The van der Waals surface area contributed by atoms with Crippen LogP contribution in [-0.2, 0) is 0 Å². The minimum atomic E-state index is -0.231. The smallest absolute Gasteiger partial charge is 0.320 e. The molecule has 1 aliphatic rings. The van der Waals surface area contributed by atoms with Gasteiger partial charge in [0.15, 0.2) is 0 Å². The summed E-state index contributed by atoms with van der Waals surface area (Å²) in [5.41, 5.74) is 1.92. The number of amides is 2. The van der Waals surface area contributed by atoms with Crippen LogP contribution < -0.4 is 20.3 Å². The van der Waals surface area contributed by atoms with Crippen molar-refractivity contribution < 1.29 is 9.53 Å². The molecular formula is C20H23N7O2S. The molecular weight excluding hydrogens is 402 g/mol. The molecule has 1 saturated heterocycles. The Morgan fingerprint density at radius 1 is 1.30 bits per heavy atom. The Hall–Kier alpha value is -3.27. The number of methoxy groups -OCH3 is 1. The van der Waals surface area contributed by atoms with E-state index >= 15 is 0 Å². The molecule has 9 nitrogen and oxygen atoms in total. The first-order chi connectivity index (χ1) is 14.6. The lowest BCUT2D eigenvalue weighted by Gasteiger charge is -2.39. The van der Waals surface area contributed by atoms with E-state index in [1.165, 1.54) is 11.5 Å². The summed E-state index contributed by atoms with van der Waals surface area (Å²) in [5.74, 6) is 1.48. The highest BCUT2D eigenvalue weighted by Gasteiger charge is 2.32. The number of nitrogens with zero attached hydrogens (tertiary/aromatic N) is 5. The largest absolute Gasteiger partial charge is 0.481 e. The Morgan fingerprint density at radius 2 is 2.20 bits per heavy atom. The van der Waals surface area contributed by atoms with E-state index in [1.807, 2.05) is 37.4 Å². The van der Waals surface area contributed by atoms with Gasteiger partial charge in [-0.05, 0) is 42.6 Å². The van der Waals surface area contributed by atoms with Gasteiger partial charge in [0.05, 0.1) is 12.8 Å². The number of carbonyl (C=O) groups is 1. The van der Waals surface area contributed by atoms with Crippen molar-refractivity contribution >= 4 is 28.4 Å². The predicted molar refractivity (Wildman–Crippen MR) is 115 cm³/mol. The number of anilines is 2. The normalized spacial score (nSPS) is 18.7. The lowest BCUT2D eigenvalue weighted by Crippen LogP contribution is -2.51. The maximum absolute atomic E-state index is 12.6. The molecule has 0 aliphatic carbocycles. The quantitative estimate of drug-likeness (QED) is 0.647. The Morgan fingerprint density at radius 3 is 2.87 bits per heavy atom. The van der Waals surface area contributed by atoms with Crippen LogP contribution in [0.15, 0.2) is 43.0 Å². The molecule has 0 radical (unpaired) electrons. The average molecular weight is 426 g/mol. The topological polar surface area (TPSA) is 105 Å². The molecule has 0 spiro atoms. The Labute approximate surface area is 178 Å². The van der Waals surface area contributed by atoms with Crippen LogP contribution >= 0.6 is 11.5 Å². The van der Waals surface area contributed by atoms with E-state index in [4.69, 9.17) is 4.74 Å². The van der Waals surface area contributed by atoms with E-state index in [0.717, 1.165) is 35.0 Å². The van der Waals surface area contributed by atoms with Gasteiger partial charge >= 0.3 is 6.03 Å². The molecule has 10 heteroatoms. The molecule has 156 valence electrons. The number of urea groups is 1. The zero-order valence-electron chi connectivity index (χ0n) is 16.8. The van der Waals surface area contributed by atoms with Crippen LogP contribution in [0.3, 0.4) is 0 Å². The molecule has 3 aromatic heterocycles. The van der Waals surface area contributed by atoms with E-state index in [9.17, 15) is 4.79 Å². The summed E-state index contributed by atoms with van der Waals surface area (Å²) < 4.78 is 9.38. The minimum absolute atomic E-state index is 0.0427. The first-order valence-electron chi connectivity index (χ1n) is 9.64. The molecule has 4 heterocycles. The zero-order valence-corrected chi connectivity index (χ0v) is 17.6. The van der Waals surface area contributed by atoms with Crippen molar-refractivity contribution in [3.8, 4) is 5.88 Å². The molecule has 0 aromatic carbocycles. The number of piperidine rings is 1. The SMILES string of the molecule is COc1ccc(C2CN(c3ccncn3)CCC2NC(=O)Nc2cc(C)ns2)cn1. The minimum Gasteiger partial charge on any atom is -0.481 e. The third kappa shape index (κ3) is 4.65. The van der Waals surface area contributed by atoms with Crippen molar-refractivity contribution in [2.75, 3.05) is 30.4 Å². The van der Waals surface area contributed by atoms with Crippen molar-refractivity contribution in [3.05, 3.63) is 54.2 Å². The van der Waals surface area contributed by atoms with E-state index in [2.05, 4.69) is 34.9 Å². The van der Waals surface area contributed by atoms with Gasteiger partial charge in [0, 0.05) is 43.5 Å². The van der Waals surface area contributed by atoms with Crippen LogP contribution in [0.5, 0.6) is 5.88 Å². The number of hydrogen-bond donors (Lipinski definition) is 2. The molecule has 30 heavy (non-hydrogen) atoms. The zero-order chi connectivity index (χ0) is 20.9. The number of hydrogen-bond acceptors (Lipinski definition) is 8. The summed E-state index contributed by atoms with van der Waals surface area (Å²) in [7, 11) is 1.59. The highest BCUT2D eigenvalue weighted by molar-refractivity contribution is 7.10. The number of carbonyl (C=O) groups excluding carboxylic acids is 1. The van der Waals surface area contributed by atoms with Gasteiger partial charge in [-0.25, -0.2) is 19.7 Å². The fraction of sp³-hybridized carbons (Fsp3) is 0.350. The molecule has 1 fully saturated rings. The molecule has 2 unspecified atom stereocenters. The number of rotatable bonds is 5. The van der Waals surface area contributed by atoms with Gasteiger partial charge < -0.3 is 15.0 Å². The van der Waals surface area contributed by atoms with E-state index in [0.29, 0.717) is 12.4 Å². The average Bonchev–Trinajstić information content (AvgIpc) is 3.19. The van der Waals surface area contributed by atoms with Crippen LogP contribution in [0.25, 0.3) is 0 Å². The fourth-order valence-corrected chi connectivity index (χ4v) is 4.27. The number of aryl methyl sites for hydroxylation is 1. The van der Waals surface area contributed by atoms with E-state index in [1.54, 1.807) is 19.6 Å². The van der Waals surface area contributed by atoms with Crippen molar-refractivity contribution in [1.82, 2.24) is 24.6 Å². The second-order valence-electron chi connectivity index (χ2n) is 7.08. The fourth-order valence-electron chi connectivity index (χ4n) is 3.61. The second-order valence-corrected chi connectivity index (χ2v) is 7.89. The molecule has 2 N–H and O–H groups in total. The van der Waals surface area contributed by atoms with Gasteiger partial charge in [-0.2, -0.15) is 4.37 Å². The lowest BCUT2D eigenvalue weighted by molar-refractivity contribution is 0.243. The molecule has 3 aromatic rings. The summed E-state index contributed by atoms with van der Waals surface area (Å²) in [6.45, 7) is 3.38. The van der Waals surface area contributed by atoms with E-state index in [-0.39, 0.29) is 18.0 Å². The van der Waals surface area contributed by atoms with Gasteiger partial charge in [-0.1, -0.05) is 6.07 Å². The maximum atomic E-state index is 12.6. The third-order valence-corrected chi connectivity index (χ3v) is 5.88. The van der Waals surface area contributed by atoms with Crippen molar-refractivity contribution in [2.45, 2.75) is 25.3 Å². The summed E-state index contributed by atoms with van der Waals surface area (Å²) in [4.78, 5) is 27.5. The Bertz CT molecular complexity index is 980. The highest BCUT2D eigenvalue weighted by Crippen LogP contribution is 2.30. The number of nitrogens with one attached hydrogen (secondary N) is 2. The van der Waals surface area contributed by atoms with Crippen molar-refractivity contribution in [1.29, 1.82) is 0 Å². The second kappa shape index (κ2) is 9.04. The molecule has 1 aliphatic heterocycles. The van der Waals surface area contributed by atoms with Crippen molar-refractivity contribution in [2.24, 2.45) is 0 Å². The number of pyridine rings is 1. The summed E-state index contributed by atoms with van der Waals surface area (Å²) >= 11 is 1.27.